The van der Waals surface area contributed by atoms with Crippen LogP contribution in [-0.2, 0) is 16.1 Å². The monoisotopic (exact) mass is 380 g/mol. The van der Waals surface area contributed by atoms with Crippen molar-refractivity contribution in [2.45, 2.75) is 39.8 Å². The summed E-state index contributed by atoms with van der Waals surface area (Å²) in [7, 11) is 0. The van der Waals surface area contributed by atoms with Gasteiger partial charge in [0, 0.05) is 31.7 Å². The first-order valence-corrected chi connectivity index (χ1v) is 9.87. The molecule has 2 aromatic carbocycles. The fourth-order valence-electron chi connectivity index (χ4n) is 3.51. The number of carbonyl (C=O) groups excluding carboxylic acids is 2. The van der Waals surface area contributed by atoms with E-state index in [2.05, 4.69) is 0 Å². The highest BCUT2D eigenvalue weighted by Gasteiger charge is 2.36. The largest absolute Gasteiger partial charge is 0.491 e. The summed E-state index contributed by atoms with van der Waals surface area (Å²) >= 11 is 0. The topological polar surface area (TPSA) is 49.9 Å². The Morgan fingerprint density at radius 3 is 2.43 bits per heavy atom. The molecule has 0 saturated carbocycles. The van der Waals surface area contributed by atoms with Crippen molar-refractivity contribution in [1.29, 1.82) is 0 Å². The van der Waals surface area contributed by atoms with E-state index < -0.39 is 0 Å². The number of hydrogen-bond acceptors (Lipinski definition) is 3. The Hall–Kier alpha value is -2.82. The molecule has 5 heteroatoms. The van der Waals surface area contributed by atoms with E-state index in [1.54, 1.807) is 4.90 Å². The Morgan fingerprint density at radius 1 is 1.14 bits per heavy atom. The summed E-state index contributed by atoms with van der Waals surface area (Å²) in [4.78, 5) is 29.1. The van der Waals surface area contributed by atoms with Crippen LogP contribution in [0, 0.1) is 5.92 Å². The Kier molecular flexibility index (Phi) is 6.34. The molecular formula is C23H28N2O3. The molecule has 0 radical (unpaired) electrons. The van der Waals surface area contributed by atoms with E-state index in [0.717, 1.165) is 17.0 Å². The predicted octanol–water partition coefficient (Wildman–Crippen LogP) is 3.88. The molecule has 0 aliphatic carbocycles. The van der Waals surface area contributed by atoms with Crippen LogP contribution in [0.2, 0.25) is 0 Å². The second-order valence-corrected chi connectivity index (χ2v) is 7.40. The number of anilines is 1. The summed E-state index contributed by atoms with van der Waals surface area (Å²) in [6.45, 7) is 7.55. The average molecular weight is 380 g/mol. The third-order valence-corrected chi connectivity index (χ3v) is 4.90. The summed E-state index contributed by atoms with van der Waals surface area (Å²) in [5, 5.41) is 0. The van der Waals surface area contributed by atoms with Crippen LogP contribution in [0.5, 0.6) is 5.75 Å². The molecule has 1 atom stereocenters. The van der Waals surface area contributed by atoms with E-state index in [0.29, 0.717) is 19.6 Å². The van der Waals surface area contributed by atoms with Crippen molar-refractivity contribution in [3.63, 3.8) is 0 Å². The number of nitrogens with zero attached hydrogens (tertiary/aromatic N) is 2. The van der Waals surface area contributed by atoms with Gasteiger partial charge in [-0.3, -0.25) is 9.59 Å². The first-order valence-electron chi connectivity index (χ1n) is 9.87. The van der Waals surface area contributed by atoms with E-state index in [1.165, 1.54) is 0 Å². The SMILES string of the molecule is CCN(Cc1ccccc1)C(=O)C1CC(=O)N(c2ccc(OC(C)C)cc2)C1. The number of hydrogen-bond donors (Lipinski definition) is 0. The lowest BCUT2D eigenvalue weighted by Crippen LogP contribution is -2.37. The molecule has 5 nitrogen and oxygen atoms in total. The second-order valence-electron chi connectivity index (χ2n) is 7.40. The minimum Gasteiger partial charge on any atom is -0.491 e. The zero-order valence-electron chi connectivity index (χ0n) is 16.8. The van der Waals surface area contributed by atoms with E-state index in [-0.39, 0.29) is 30.3 Å². The fraction of sp³-hybridized carbons (Fsp3) is 0.391. The van der Waals surface area contributed by atoms with Gasteiger partial charge in [-0.2, -0.15) is 0 Å². The van der Waals surface area contributed by atoms with Gasteiger partial charge in [-0.15, -0.1) is 0 Å². The Morgan fingerprint density at radius 2 is 1.82 bits per heavy atom. The smallest absolute Gasteiger partial charge is 0.228 e. The highest BCUT2D eigenvalue weighted by molar-refractivity contribution is 6.00. The van der Waals surface area contributed by atoms with E-state index >= 15 is 0 Å². The second kappa shape index (κ2) is 8.91. The molecule has 148 valence electrons. The van der Waals surface area contributed by atoms with Gasteiger partial charge in [0.25, 0.3) is 0 Å². The van der Waals surface area contributed by atoms with E-state index in [9.17, 15) is 9.59 Å². The van der Waals surface area contributed by atoms with Crippen LogP contribution in [0.15, 0.2) is 54.6 Å². The molecule has 1 unspecified atom stereocenters. The lowest BCUT2D eigenvalue weighted by molar-refractivity contribution is -0.136. The molecule has 0 spiro atoms. The van der Waals surface area contributed by atoms with Gasteiger partial charge in [-0.25, -0.2) is 0 Å². The van der Waals surface area contributed by atoms with Gasteiger partial charge in [0.2, 0.25) is 11.8 Å². The number of carbonyl (C=O) groups is 2. The van der Waals surface area contributed by atoms with Crippen molar-refractivity contribution >= 4 is 17.5 Å². The number of amides is 2. The molecule has 2 aromatic rings. The molecule has 1 fully saturated rings. The highest BCUT2D eigenvalue weighted by atomic mass is 16.5. The molecule has 1 aliphatic heterocycles. The summed E-state index contributed by atoms with van der Waals surface area (Å²) in [6, 6.07) is 17.4. The molecular weight excluding hydrogens is 352 g/mol. The molecule has 0 aromatic heterocycles. The van der Waals surface area contributed by atoms with Crippen LogP contribution in [0.1, 0.15) is 32.8 Å². The number of ether oxygens (including phenoxy) is 1. The first kappa shape index (κ1) is 19.9. The summed E-state index contributed by atoms with van der Waals surface area (Å²) < 4.78 is 5.66. The van der Waals surface area contributed by atoms with Crippen LogP contribution >= 0.6 is 0 Å². The maximum absolute atomic E-state index is 13.0. The Labute approximate surface area is 166 Å². The zero-order valence-corrected chi connectivity index (χ0v) is 16.8. The molecule has 2 amide bonds. The predicted molar refractivity (Wildman–Crippen MR) is 110 cm³/mol. The van der Waals surface area contributed by atoms with Crippen LogP contribution in [0.4, 0.5) is 5.69 Å². The van der Waals surface area contributed by atoms with Gasteiger partial charge in [-0.1, -0.05) is 30.3 Å². The lowest BCUT2D eigenvalue weighted by Gasteiger charge is -2.24. The van der Waals surface area contributed by atoms with Crippen LogP contribution in [0.3, 0.4) is 0 Å². The summed E-state index contributed by atoms with van der Waals surface area (Å²) in [5.74, 6) is 0.509. The van der Waals surface area contributed by atoms with Crippen LogP contribution in [0.25, 0.3) is 0 Å². The normalized spacial score (nSPS) is 16.5. The average Bonchev–Trinajstić information content (AvgIpc) is 3.08. The molecule has 1 heterocycles. The van der Waals surface area contributed by atoms with E-state index in [1.807, 2.05) is 80.3 Å². The third-order valence-electron chi connectivity index (χ3n) is 4.90. The molecule has 1 saturated heterocycles. The third kappa shape index (κ3) is 4.71. The van der Waals surface area contributed by atoms with Crippen molar-refractivity contribution < 1.29 is 14.3 Å². The summed E-state index contributed by atoms with van der Waals surface area (Å²) in [6.07, 6.45) is 0.361. The molecule has 0 bridgehead atoms. The zero-order chi connectivity index (χ0) is 20.1. The van der Waals surface area contributed by atoms with Crippen molar-refractivity contribution in [3.05, 3.63) is 60.2 Å². The van der Waals surface area contributed by atoms with Crippen LogP contribution in [-0.4, -0.2) is 35.9 Å². The van der Waals surface area contributed by atoms with Gasteiger partial charge in [0.15, 0.2) is 0 Å². The molecule has 28 heavy (non-hydrogen) atoms. The number of rotatable bonds is 7. The van der Waals surface area contributed by atoms with Gasteiger partial charge in [0.05, 0.1) is 12.0 Å². The maximum Gasteiger partial charge on any atom is 0.228 e. The first-order chi connectivity index (χ1) is 13.5. The quantitative estimate of drug-likeness (QED) is 0.733. The fourth-order valence-corrected chi connectivity index (χ4v) is 3.51. The van der Waals surface area contributed by atoms with Gasteiger partial charge in [0.1, 0.15) is 5.75 Å². The van der Waals surface area contributed by atoms with Gasteiger partial charge < -0.3 is 14.5 Å². The van der Waals surface area contributed by atoms with Gasteiger partial charge in [-0.05, 0) is 50.6 Å². The molecule has 1 aliphatic rings. The van der Waals surface area contributed by atoms with Crippen molar-refractivity contribution in [2.75, 3.05) is 18.0 Å². The maximum atomic E-state index is 13.0. The van der Waals surface area contributed by atoms with Gasteiger partial charge >= 0.3 is 0 Å². The summed E-state index contributed by atoms with van der Waals surface area (Å²) in [5.41, 5.74) is 1.90. The van der Waals surface area contributed by atoms with Crippen molar-refractivity contribution in [1.82, 2.24) is 4.90 Å². The van der Waals surface area contributed by atoms with Crippen molar-refractivity contribution in [2.24, 2.45) is 5.92 Å². The van der Waals surface area contributed by atoms with Crippen LogP contribution < -0.4 is 9.64 Å². The standard InChI is InChI=1S/C23H28N2O3/c1-4-24(15-18-8-6-5-7-9-18)23(27)19-14-22(26)25(16-19)20-10-12-21(13-11-20)28-17(2)3/h5-13,17,19H,4,14-16H2,1-3H3. The molecule has 3 rings (SSSR count). The number of benzene rings is 2. The Bertz CT molecular complexity index is 802. The molecule has 0 N–H and O–H groups in total. The lowest BCUT2D eigenvalue weighted by atomic mass is 10.1. The highest BCUT2D eigenvalue weighted by Crippen LogP contribution is 2.28. The minimum absolute atomic E-state index is 0.00774. The van der Waals surface area contributed by atoms with Crippen molar-refractivity contribution in [3.8, 4) is 5.75 Å². The minimum atomic E-state index is -0.303. The van der Waals surface area contributed by atoms with E-state index in [4.69, 9.17) is 4.74 Å². The Balaban J connectivity index is 1.66.